The van der Waals surface area contributed by atoms with Crippen LogP contribution in [0.2, 0.25) is 0 Å². The van der Waals surface area contributed by atoms with Gasteiger partial charge in [-0.1, -0.05) is 26.7 Å². The number of Topliss-reactive ketones (excluding diaryl/α,β-unsaturated/α-hetero) is 1. The molecule has 1 aromatic rings. The summed E-state index contributed by atoms with van der Waals surface area (Å²) in [6.45, 7) is 6.85. The van der Waals surface area contributed by atoms with Gasteiger partial charge >= 0.3 is 0 Å². The average molecular weight is 367 g/mol. The fourth-order valence-corrected chi connectivity index (χ4v) is 7.80. The number of aryl methyl sites for hydroxylation is 1. The standard InChI is InChI=1S/C25H34O2/c1-16-7-9-19(27-16)14-17-15-22-20-10-8-18-6-4-5-12-24(18,2)21(20)11-13-25(22,3)23(17)26/h7,9,14,18,20-22H,4-6,8,10-13,15H2,1-3H3/t18-,20-,21+,22+,24-,25-/m0/s1. The van der Waals surface area contributed by atoms with Crippen LogP contribution in [0.3, 0.4) is 0 Å². The molecule has 0 saturated heterocycles. The molecule has 146 valence electrons. The highest BCUT2D eigenvalue weighted by molar-refractivity contribution is 6.05. The van der Waals surface area contributed by atoms with Gasteiger partial charge in [0.25, 0.3) is 0 Å². The molecule has 4 aliphatic carbocycles. The van der Waals surface area contributed by atoms with Gasteiger partial charge in [-0.25, -0.2) is 0 Å². The average Bonchev–Trinajstić information content (AvgIpc) is 3.16. The molecule has 0 unspecified atom stereocenters. The Bertz CT molecular complexity index is 786. The summed E-state index contributed by atoms with van der Waals surface area (Å²) >= 11 is 0. The van der Waals surface area contributed by atoms with Crippen molar-refractivity contribution in [3.63, 3.8) is 0 Å². The molecule has 0 bridgehead atoms. The van der Waals surface area contributed by atoms with E-state index in [-0.39, 0.29) is 5.41 Å². The van der Waals surface area contributed by atoms with Gasteiger partial charge in [-0.3, -0.25) is 4.79 Å². The van der Waals surface area contributed by atoms with Crippen LogP contribution in [0, 0.1) is 41.4 Å². The van der Waals surface area contributed by atoms with E-state index in [1.807, 2.05) is 25.1 Å². The molecule has 0 aromatic carbocycles. The Morgan fingerprint density at radius 2 is 1.89 bits per heavy atom. The Labute approximate surface area is 163 Å². The first kappa shape index (κ1) is 17.8. The lowest BCUT2D eigenvalue weighted by molar-refractivity contribution is -0.137. The molecular formula is C25H34O2. The van der Waals surface area contributed by atoms with Crippen molar-refractivity contribution < 1.29 is 9.21 Å². The first-order valence-corrected chi connectivity index (χ1v) is 11.2. The van der Waals surface area contributed by atoms with E-state index >= 15 is 0 Å². The van der Waals surface area contributed by atoms with Crippen LogP contribution in [0.1, 0.15) is 83.2 Å². The predicted molar refractivity (Wildman–Crippen MR) is 108 cm³/mol. The van der Waals surface area contributed by atoms with Gasteiger partial charge < -0.3 is 4.42 Å². The van der Waals surface area contributed by atoms with Gasteiger partial charge in [-0.15, -0.1) is 0 Å². The Morgan fingerprint density at radius 3 is 2.67 bits per heavy atom. The van der Waals surface area contributed by atoms with Gasteiger partial charge in [0.2, 0.25) is 0 Å². The molecule has 0 aliphatic heterocycles. The van der Waals surface area contributed by atoms with E-state index in [0.29, 0.717) is 17.1 Å². The van der Waals surface area contributed by atoms with E-state index in [2.05, 4.69) is 13.8 Å². The Balaban J connectivity index is 1.46. The number of hydrogen-bond donors (Lipinski definition) is 0. The molecule has 0 N–H and O–H groups in total. The quantitative estimate of drug-likeness (QED) is 0.525. The minimum atomic E-state index is -0.132. The second-order valence-corrected chi connectivity index (χ2v) is 10.5. The molecule has 2 nitrogen and oxygen atoms in total. The SMILES string of the molecule is Cc1ccc(C=C2C[C@@H]3[C@H]4CC[C@@H]5CCCC[C@]5(C)[C@@H]4CC[C@]3(C)C2=O)o1. The topological polar surface area (TPSA) is 30.2 Å². The molecule has 5 rings (SSSR count). The normalized spacial score (nSPS) is 45.4. The Hall–Kier alpha value is -1.31. The minimum Gasteiger partial charge on any atom is -0.462 e. The zero-order chi connectivity index (χ0) is 18.8. The number of allylic oxidation sites excluding steroid dienone is 1. The maximum atomic E-state index is 13.4. The van der Waals surface area contributed by atoms with Gasteiger partial charge in [0.15, 0.2) is 5.78 Å². The van der Waals surface area contributed by atoms with Gasteiger partial charge in [0.05, 0.1) is 0 Å². The monoisotopic (exact) mass is 366 g/mol. The number of fused-ring (bicyclic) bond motifs is 5. The highest BCUT2D eigenvalue weighted by atomic mass is 16.3. The molecule has 0 amide bonds. The van der Waals surface area contributed by atoms with E-state index in [1.54, 1.807) is 0 Å². The summed E-state index contributed by atoms with van der Waals surface area (Å²) in [6.07, 6.45) is 13.8. The first-order chi connectivity index (χ1) is 12.9. The van der Waals surface area contributed by atoms with Crippen molar-refractivity contribution in [3.8, 4) is 0 Å². The van der Waals surface area contributed by atoms with Crippen molar-refractivity contribution in [1.82, 2.24) is 0 Å². The number of hydrogen-bond acceptors (Lipinski definition) is 2. The summed E-state index contributed by atoms with van der Waals surface area (Å²) < 4.78 is 5.74. The number of ketones is 1. The molecule has 0 spiro atoms. The van der Waals surface area contributed by atoms with Gasteiger partial charge in [-0.05, 0) is 105 Å². The summed E-state index contributed by atoms with van der Waals surface area (Å²) in [5.74, 6) is 5.25. The van der Waals surface area contributed by atoms with Crippen molar-refractivity contribution in [2.45, 2.75) is 78.6 Å². The van der Waals surface area contributed by atoms with Crippen LogP contribution in [0.25, 0.3) is 6.08 Å². The maximum Gasteiger partial charge on any atom is 0.165 e. The lowest BCUT2D eigenvalue weighted by Gasteiger charge is -2.59. The summed E-state index contributed by atoms with van der Waals surface area (Å²) in [5.41, 5.74) is 1.43. The molecule has 6 atom stereocenters. The largest absolute Gasteiger partial charge is 0.462 e. The lowest BCUT2D eigenvalue weighted by Crippen LogP contribution is -2.52. The molecule has 1 heterocycles. The van der Waals surface area contributed by atoms with Crippen LogP contribution in [-0.2, 0) is 4.79 Å². The number of carbonyl (C=O) groups is 1. The van der Waals surface area contributed by atoms with Crippen molar-refractivity contribution in [2.75, 3.05) is 0 Å². The van der Waals surface area contributed by atoms with E-state index in [1.165, 1.54) is 44.9 Å². The fourth-order valence-electron chi connectivity index (χ4n) is 7.80. The lowest BCUT2D eigenvalue weighted by atomic mass is 9.45. The molecule has 4 fully saturated rings. The van der Waals surface area contributed by atoms with E-state index in [0.717, 1.165) is 47.7 Å². The number of furan rings is 1. The zero-order valence-corrected chi connectivity index (χ0v) is 17.2. The number of carbonyl (C=O) groups excluding carboxylic acids is 1. The second kappa shape index (κ2) is 6.09. The zero-order valence-electron chi connectivity index (χ0n) is 17.2. The highest BCUT2D eigenvalue weighted by Gasteiger charge is 2.60. The minimum absolute atomic E-state index is 0.132. The molecule has 2 heteroatoms. The van der Waals surface area contributed by atoms with Gasteiger partial charge in [0, 0.05) is 5.41 Å². The van der Waals surface area contributed by atoms with Crippen molar-refractivity contribution >= 4 is 11.9 Å². The van der Waals surface area contributed by atoms with Gasteiger partial charge in [-0.2, -0.15) is 0 Å². The van der Waals surface area contributed by atoms with Crippen LogP contribution in [0.15, 0.2) is 22.1 Å². The van der Waals surface area contributed by atoms with Crippen LogP contribution < -0.4 is 0 Å². The molecule has 1 aromatic heterocycles. The number of rotatable bonds is 1. The van der Waals surface area contributed by atoms with Crippen LogP contribution in [0.5, 0.6) is 0 Å². The second-order valence-electron chi connectivity index (χ2n) is 10.5. The molecule has 0 radical (unpaired) electrons. The van der Waals surface area contributed by atoms with Crippen molar-refractivity contribution in [2.24, 2.45) is 34.5 Å². The van der Waals surface area contributed by atoms with Crippen molar-refractivity contribution in [3.05, 3.63) is 29.2 Å². The third-order valence-electron chi connectivity index (χ3n) is 9.30. The predicted octanol–water partition coefficient (Wildman–Crippen LogP) is 6.58. The van der Waals surface area contributed by atoms with Gasteiger partial charge in [0.1, 0.15) is 11.5 Å². The smallest absolute Gasteiger partial charge is 0.165 e. The maximum absolute atomic E-state index is 13.4. The molecule has 27 heavy (non-hydrogen) atoms. The molecule has 4 aliphatic rings. The van der Waals surface area contributed by atoms with Crippen LogP contribution >= 0.6 is 0 Å². The van der Waals surface area contributed by atoms with E-state index in [4.69, 9.17) is 4.42 Å². The fraction of sp³-hybridized carbons (Fsp3) is 0.720. The molecule has 4 saturated carbocycles. The van der Waals surface area contributed by atoms with E-state index < -0.39 is 0 Å². The summed E-state index contributed by atoms with van der Waals surface area (Å²) in [7, 11) is 0. The third kappa shape index (κ3) is 2.54. The van der Waals surface area contributed by atoms with Crippen molar-refractivity contribution in [1.29, 1.82) is 0 Å². The first-order valence-electron chi connectivity index (χ1n) is 11.2. The van der Waals surface area contributed by atoms with E-state index in [9.17, 15) is 4.79 Å². The summed E-state index contributed by atoms with van der Waals surface area (Å²) in [5, 5.41) is 0. The summed E-state index contributed by atoms with van der Waals surface area (Å²) in [6, 6.07) is 3.98. The molecular weight excluding hydrogens is 332 g/mol. The van der Waals surface area contributed by atoms with Crippen LogP contribution in [0.4, 0.5) is 0 Å². The Morgan fingerprint density at radius 1 is 1.04 bits per heavy atom. The highest BCUT2D eigenvalue weighted by Crippen LogP contribution is 2.66. The van der Waals surface area contributed by atoms with Crippen LogP contribution in [-0.4, -0.2) is 5.78 Å². The summed E-state index contributed by atoms with van der Waals surface area (Å²) in [4.78, 5) is 13.4. The Kier molecular flexibility index (Phi) is 4.01. The third-order valence-corrected chi connectivity index (χ3v) is 9.30.